The summed E-state index contributed by atoms with van der Waals surface area (Å²) in [5.74, 6) is -0.636. The van der Waals surface area contributed by atoms with Crippen LogP contribution in [0, 0.1) is 5.92 Å². The van der Waals surface area contributed by atoms with Crippen LogP contribution >= 0.6 is 0 Å². The van der Waals surface area contributed by atoms with Crippen LogP contribution in [0.1, 0.15) is 78.3 Å². The Balaban J connectivity index is 1.89. The number of rotatable bonds is 7. The zero-order valence-corrected chi connectivity index (χ0v) is 17.7. The number of nitrogens with zero attached hydrogens (tertiary/aromatic N) is 2. The van der Waals surface area contributed by atoms with E-state index < -0.39 is 17.2 Å². The molecule has 2 aromatic rings. The number of amides is 2. The minimum Gasteiger partial charge on any atom is -0.352 e. The average Bonchev–Trinajstić information content (AvgIpc) is 2.77. The van der Waals surface area contributed by atoms with E-state index in [1.165, 1.54) is 6.42 Å². The van der Waals surface area contributed by atoms with Crippen molar-refractivity contribution in [1.82, 2.24) is 20.2 Å². The molecule has 0 saturated heterocycles. The molecule has 0 aromatic carbocycles. The van der Waals surface area contributed by atoms with Crippen molar-refractivity contribution < 1.29 is 9.59 Å². The number of hydrogen-bond donors (Lipinski definition) is 2. The predicted octanol–water partition coefficient (Wildman–Crippen LogP) is 3.06. The molecule has 30 heavy (non-hydrogen) atoms. The van der Waals surface area contributed by atoms with Gasteiger partial charge in [-0.1, -0.05) is 33.1 Å². The zero-order chi connectivity index (χ0) is 21.5. The fourth-order valence-electron chi connectivity index (χ4n) is 3.68. The van der Waals surface area contributed by atoms with Crippen LogP contribution in [-0.4, -0.2) is 27.9 Å². The third kappa shape index (κ3) is 5.55. The van der Waals surface area contributed by atoms with E-state index in [0.29, 0.717) is 6.54 Å². The summed E-state index contributed by atoms with van der Waals surface area (Å²) in [6.45, 7) is 4.74. The number of carbonyl (C=O) groups is 2. The third-order valence-corrected chi connectivity index (χ3v) is 5.40. The summed E-state index contributed by atoms with van der Waals surface area (Å²) in [4.78, 5) is 42.5. The highest BCUT2D eigenvalue weighted by atomic mass is 16.2. The second-order valence-electron chi connectivity index (χ2n) is 8.30. The van der Waals surface area contributed by atoms with Gasteiger partial charge in [0.2, 0.25) is 5.43 Å². The molecule has 160 valence electrons. The van der Waals surface area contributed by atoms with E-state index in [4.69, 9.17) is 0 Å². The maximum atomic E-state index is 13.0. The van der Waals surface area contributed by atoms with E-state index in [0.717, 1.165) is 31.2 Å². The molecule has 0 unspecified atom stereocenters. The van der Waals surface area contributed by atoms with Crippen molar-refractivity contribution in [3.8, 4) is 0 Å². The highest BCUT2D eigenvalue weighted by Crippen LogP contribution is 2.28. The first kappa shape index (κ1) is 21.7. The van der Waals surface area contributed by atoms with Crippen LogP contribution in [0.2, 0.25) is 0 Å². The number of hydrogen-bond acceptors (Lipinski definition) is 4. The molecule has 0 bridgehead atoms. The van der Waals surface area contributed by atoms with Crippen molar-refractivity contribution in [3.05, 3.63) is 63.8 Å². The maximum Gasteiger partial charge on any atom is 0.257 e. The molecule has 1 aliphatic carbocycles. The van der Waals surface area contributed by atoms with Gasteiger partial charge >= 0.3 is 0 Å². The van der Waals surface area contributed by atoms with E-state index in [9.17, 15) is 14.4 Å². The van der Waals surface area contributed by atoms with Crippen molar-refractivity contribution in [2.75, 3.05) is 6.54 Å². The first-order valence-electron chi connectivity index (χ1n) is 10.7. The molecule has 2 aromatic heterocycles. The highest BCUT2D eigenvalue weighted by molar-refractivity contribution is 5.99. The summed E-state index contributed by atoms with van der Waals surface area (Å²) >= 11 is 0. The predicted molar refractivity (Wildman–Crippen MR) is 115 cm³/mol. The number of pyridine rings is 2. The van der Waals surface area contributed by atoms with E-state index >= 15 is 0 Å². The lowest BCUT2D eigenvalue weighted by Gasteiger charge is -2.25. The maximum absolute atomic E-state index is 13.0. The van der Waals surface area contributed by atoms with Gasteiger partial charge in [-0.2, -0.15) is 0 Å². The molecule has 0 atom stereocenters. The fourth-order valence-corrected chi connectivity index (χ4v) is 3.68. The molecule has 1 fully saturated rings. The summed E-state index contributed by atoms with van der Waals surface area (Å²) in [5.41, 5.74) is 0.386. The van der Waals surface area contributed by atoms with Gasteiger partial charge in [0.1, 0.15) is 11.1 Å². The molecule has 1 aliphatic rings. The number of carbonyl (C=O) groups excluding carboxylic acids is 2. The molecule has 0 spiro atoms. The largest absolute Gasteiger partial charge is 0.352 e. The molecule has 2 heterocycles. The second-order valence-corrected chi connectivity index (χ2v) is 8.30. The van der Waals surface area contributed by atoms with Crippen molar-refractivity contribution in [2.24, 2.45) is 5.92 Å². The molecular weight excluding hydrogens is 380 g/mol. The summed E-state index contributed by atoms with van der Waals surface area (Å²) in [6, 6.07) is 3.80. The average molecular weight is 411 g/mol. The lowest BCUT2D eigenvalue weighted by atomic mass is 9.95. The summed E-state index contributed by atoms with van der Waals surface area (Å²) in [5, 5.41) is 5.59. The van der Waals surface area contributed by atoms with Crippen LogP contribution in [0.4, 0.5) is 0 Å². The van der Waals surface area contributed by atoms with Gasteiger partial charge in [0.25, 0.3) is 11.8 Å². The minimum atomic E-state index is -0.532. The topological polar surface area (TPSA) is 93.1 Å². The van der Waals surface area contributed by atoms with Gasteiger partial charge in [0.15, 0.2) is 0 Å². The summed E-state index contributed by atoms with van der Waals surface area (Å²) < 4.78 is 1.90. The zero-order valence-electron chi connectivity index (χ0n) is 17.7. The van der Waals surface area contributed by atoms with Gasteiger partial charge in [-0.15, -0.1) is 0 Å². The van der Waals surface area contributed by atoms with Crippen LogP contribution < -0.4 is 16.1 Å². The first-order valence-corrected chi connectivity index (χ1v) is 10.7. The Morgan fingerprint density at radius 1 is 1.03 bits per heavy atom. The van der Waals surface area contributed by atoms with E-state index in [-0.39, 0.29) is 29.6 Å². The Hall–Kier alpha value is -2.96. The van der Waals surface area contributed by atoms with Gasteiger partial charge in [-0.25, -0.2) is 0 Å². The van der Waals surface area contributed by atoms with Crippen molar-refractivity contribution in [3.63, 3.8) is 0 Å². The minimum absolute atomic E-state index is 0.00632. The molecule has 7 nitrogen and oxygen atoms in total. The second kappa shape index (κ2) is 10.2. The fraction of sp³-hybridized carbons (Fsp3) is 0.478. The Morgan fingerprint density at radius 3 is 2.23 bits per heavy atom. The Kier molecular flexibility index (Phi) is 7.38. The SMILES string of the molecule is CC(C)CNC(=O)c1cn(C2CCCCC2)cc(C(=O)NCc2ccncc2)c1=O. The van der Waals surface area contributed by atoms with Crippen LogP contribution in [0.3, 0.4) is 0 Å². The Labute approximate surface area is 176 Å². The number of aromatic nitrogens is 2. The van der Waals surface area contributed by atoms with E-state index in [1.807, 2.05) is 18.4 Å². The monoisotopic (exact) mass is 410 g/mol. The lowest BCUT2D eigenvalue weighted by Crippen LogP contribution is -2.36. The third-order valence-electron chi connectivity index (χ3n) is 5.40. The molecule has 0 radical (unpaired) electrons. The van der Waals surface area contributed by atoms with Crippen LogP contribution in [0.25, 0.3) is 0 Å². The van der Waals surface area contributed by atoms with Gasteiger partial charge in [-0.05, 0) is 36.5 Å². The highest BCUT2D eigenvalue weighted by Gasteiger charge is 2.23. The van der Waals surface area contributed by atoms with Crippen molar-refractivity contribution in [1.29, 1.82) is 0 Å². The van der Waals surface area contributed by atoms with E-state index in [2.05, 4.69) is 15.6 Å². The normalized spacial score (nSPS) is 14.5. The Morgan fingerprint density at radius 2 is 1.63 bits per heavy atom. The molecule has 2 amide bonds. The number of nitrogens with one attached hydrogen (secondary N) is 2. The molecule has 2 N–H and O–H groups in total. The van der Waals surface area contributed by atoms with E-state index in [1.54, 1.807) is 36.9 Å². The van der Waals surface area contributed by atoms with Crippen LogP contribution in [-0.2, 0) is 6.54 Å². The lowest BCUT2D eigenvalue weighted by molar-refractivity contribution is 0.0945. The molecule has 1 saturated carbocycles. The van der Waals surface area contributed by atoms with Crippen molar-refractivity contribution >= 4 is 11.8 Å². The molecular formula is C23H30N4O3. The first-order chi connectivity index (χ1) is 14.5. The van der Waals surface area contributed by atoms with Gasteiger partial charge < -0.3 is 15.2 Å². The summed E-state index contributed by atoms with van der Waals surface area (Å²) in [6.07, 6.45) is 11.9. The molecule has 7 heteroatoms. The summed E-state index contributed by atoms with van der Waals surface area (Å²) in [7, 11) is 0. The molecule has 0 aliphatic heterocycles. The van der Waals surface area contributed by atoms with Gasteiger partial charge in [-0.3, -0.25) is 19.4 Å². The van der Waals surface area contributed by atoms with Crippen LogP contribution in [0.5, 0.6) is 0 Å². The standard InChI is InChI=1S/C23H30N4O3/c1-16(2)12-25-22(29)19-14-27(18-6-4-3-5-7-18)15-20(21(19)28)23(30)26-13-17-8-10-24-11-9-17/h8-11,14-16,18H,3-7,12-13H2,1-2H3,(H,25,29)(H,26,30). The molecule has 3 rings (SSSR count). The quantitative estimate of drug-likeness (QED) is 0.734. The van der Waals surface area contributed by atoms with Gasteiger partial charge in [0.05, 0.1) is 0 Å². The van der Waals surface area contributed by atoms with Gasteiger partial charge in [0, 0.05) is 43.9 Å². The van der Waals surface area contributed by atoms with Crippen molar-refractivity contribution in [2.45, 2.75) is 58.5 Å². The van der Waals surface area contributed by atoms with Crippen LogP contribution in [0.15, 0.2) is 41.7 Å². The Bertz CT molecular complexity index is 931. The smallest absolute Gasteiger partial charge is 0.257 e.